The second-order valence-electron chi connectivity index (χ2n) is 4.66. The maximum absolute atomic E-state index is 12.5. The number of nitrogens with zero attached hydrogens (tertiary/aromatic N) is 1. The molecule has 0 aliphatic heterocycles. The summed E-state index contributed by atoms with van der Waals surface area (Å²) in [6.45, 7) is 0. The van der Waals surface area contributed by atoms with Crippen LogP contribution in [0.2, 0.25) is 5.02 Å². The zero-order chi connectivity index (χ0) is 16.6. The molecule has 0 radical (unpaired) electrons. The monoisotopic (exact) mass is 356 g/mol. The Morgan fingerprint density at radius 2 is 1.83 bits per heavy atom. The van der Waals surface area contributed by atoms with Gasteiger partial charge in [0.2, 0.25) is 0 Å². The highest BCUT2D eigenvalue weighted by Gasteiger charge is 2.30. The van der Waals surface area contributed by atoms with Crippen LogP contribution >= 0.6 is 22.9 Å². The van der Waals surface area contributed by atoms with E-state index in [1.807, 2.05) is 0 Å². The Balaban J connectivity index is 1.80. The van der Waals surface area contributed by atoms with Gasteiger partial charge in [-0.2, -0.15) is 13.2 Å². The van der Waals surface area contributed by atoms with Gasteiger partial charge in [0.15, 0.2) is 5.01 Å². The average molecular weight is 357 g/mol. The summed E-state index contributed by atoms with van der Waals surface area (Å²) in [6, 6.07) is 9.31. The lowest BCUT2D eigenvalue weighted by Crippen LogP contribution is -2.12. The number of halogens is 4. The Hall–Kier alpha value is -2.12. The summed E-state index contributed by atoms with van der Waals surface area (Å²) in [6.07, 6.45) is -4.41. The van der Waals surface area contributed by atoms with Gasteiger partial charge < -0.3 is 5.32 Å². The summed E-state index contributed by atoms with van der Waals surface area (Å²) in [5.41, 5.74) is 0.0884. The van der Waals surface area contributed by atoms with Gasteiger partial charge in [0.1, 0.15) is 0 Å². The fourth-order valence-electron chi connectivity index (χ4n) is 1.92. The maximum atomic E-state index is 12.5. The molecule has 3 aromatic rings. The highest BCUT2D eigenvalue weighted by Crippen LogP contribution is 2.30. The fourth-order valence-corrected chi connectivity index (χ4v) is 2.93. The van der Waals surface area contributed by atoms with Crippen molar-refractivity contribution in [1.29, 1.82) is 0 Å². The van der Waals surface area contributed by atoms with Crippen LogP contribution in [0.25, 0.3) is 10.2 Å². The summed E-state index contributed by atoms with van der Waals surface area (Å²) in [7, 11) is 0. The molecule has 0 saturated carbocycles. The average Bonchev–Trinajstić information content (AvgIpc) is 2.90. The molecule has 1 aromatic heterocycles. The standard InChI is InChI=1S/C15H8ClF3N2OS/c16-9-3-6-12-11(7-9)21-14(23-12)13(22)20-10-4-1-8(2-5-10)15(17,18)19/h1-7H,(H,20,22). The topological polar surface area (TPSA) is 42.0 Å². The predicted octanol–water partition coefficient (Wildman–Crippen LogP) is 5.22. The number of amides is 1. The Morgan fingerprint density at radius 1 is 1.13 bits per heavy atom. The maximum Gasteiger partial charge on any atom is 0.416 e. The van der Waals surface area contributed by atoms with Crippen molar-refractivity contribution in [3.8, 4) is 0 Å². The number of nitrogens with one attached hydrogen (secondary N) is 1. The number of thiazole rings is 1. The fraction of sp³-hybridized carbons (Fsp3) is 0.0667. The van der Waals surface area contributed by atoms with Gasteiger partial charge in [0, 0.05) is 10.7 Å². The number of rotatable bonds is 2. The van der Waals surface area contributed by atoms with Gasteiger partial charge in [0.25, 0.3) is 5.91 Å². The quantitative estimate of drug-likeness (QED) is 0.684. The molecule has 0 atom stereocenters. The molecule has 0 spiro atoms. The third-order valence-electron chi connectivity index (χ3n) is 3.01. The van der Waals surface area contributed by atoms with Gasteiger partial charge in [-0.1, -0.05) is 11.6 Å². The number of carbonyl (C=O) groups is 1. The number of carbonyl (C=O) groups excluding carboxylic acids is 1. The van der Waals surface area contributed by atoms with Crippen LogP contribution in [0.4, 0.5) is 18.9 Å². The zero-order valence-electron chi connectivity index (χ0n) is 11.3. The molecule has 2 aromatic carbocycles. The molecular formula is C15H8ClF3N2OS. The second kappa shape index (κ2) is 5.82. The number of hydrogen-bond donors (Lipinski definition) is 1. The van der Waals surface area contributed by atoms with E-state index in [9.17, 15) is 18.0 Å². The third kappa shape index (κ3) is 3.46. The van der Waals surface area contributed by atoms with Crippen LogP contribution in [-0.2, 0) is 6.18 Å². The lowest BCUT2D eigenvalue weighted by atomic mass is 10.2. The van der Waals surface area contributed by atoms with E-state index in [1.165, 1.54) is 23.5 Å². The Morgan fingerprint density at radius 3 is 2.48 bits per heavy atom. The van der Waals surface area contributed by atoms with Crippen molar-refractivity contribution in [2.75, 3.05) is 5.32 Å². The van der Waals surface area contributed by atoms with E-state index in [0.29, 0.717) is 10.5 Å². The smallest absolute Gasteiger partial charge is 0.320 e. The van der Waals surface area contributed by atoms with Crippen molar-refractivity contribution in [2.45, 2.75) is 6.18 Å². The zero-order valence-corrected chi connectivity index (χ0v) is 12.9. The minimum Gasteiger partial charge on any atom is -0.320 e. The Kier molecular flexibility index (Phi) is 3.99. The van der Waals surface area contributed by atoms with Gasteiger partial charge in [-0.25, -0.2) is 4.98 Å². The SMILES string of the molecule is O=C(Nc1ccc(C(F)(F)F)cc1)c1nc2cc(Cl)ccc2s1. The van der Waals surface area contributed by atoms with Gasteiger partial charge in [0.05, 0.1) is 15.8 Å². The Bertz CT molecular complexity index is 875. The van der Waals surface area contributed by atoms with Crippen molar-refractivity contribution in [3.63, 3.8) is 0 Å². The van der Waals surface area contributed by atoms with Gasteiger partial charge >= 0.3 is 6.18 Å². The number of fused-ring (bicyclic) bond motifs is 1. The van der Waals surface area contributed by atoms with E-state index >= 15 is 0 Å². The number of alkyl halides is 3. The molecule has 0 unspecified atom stereocenters. The highest BCUT2D eigenvalue weighted by atomic mass is 35.5. The first-order chi connectivity index (χ1) is 10.8. The van der Waals surface area contributed by atoms with Gasteiger partial charge in [-0.3, -0.25) is 4.79 Å². The van der Waals surface area contributed by atoms with Crippen LogP contribution in [0, 0.1) is 0 Å². The molecule has 3 rings (SSSR count). The van der Waals surface area contributed by atoms with Crippen LogP contribution in [0.1, 0.15) is 15.4 Å². The van der Waals surface area contributed by atoms with Crippen LogP contribution in [0.3, 0.4) is 0 Å². The van der Waals surface area contributed by atoms with Crippen molar-refractivity contribution in [1.82, 2.24) is 4.98 Å². The van der Waals surface area contributed by atoms with Crippen LogP contribution in [-0.4, -0.2) is 10.9 Å². The molecule has 23 heavy (non-hydrogen) atoms. The molecule has 3 nitrogen and oxygen atoms in total. The minimum absolute atomic E-state index is 0.210. The van der Waals surface area contributed by atoms with Crippen LogP contribution < -0.4 is 5.32 Å². The predicted molar refractivity (Wildman–Crippen MR) is 84.0 cm³/mol. The van der Waals surface area contributed by atoms with Crippen LogP contribution in [0.5, 0.6) is 0 Å². The molecule has 0 saturated heterocycles. The van der Waals surface area contributed by atoms with E-state index in [0.717, 1.165) is 16.8 Å². The molecule has 1 amide bonds. The molecule has 0 aliphatic rings. The molecule has 118 valence electrons. The highest BCUT2D eigenvalue weighted by molar-refractivity contribution is 7.20. The first-order valence-electron chi connectivity index (χ1n) is 6.37. The van der Waals surface area contributed by atoms with E-state index < -0.39 is 17.6 Å². The molecular weight excluding hydrogens is 349 g/mol. The third-order valence-corrected chi connectivity index (χ3v) is 4.28. The Labute approximate surface area is 137 Å². The van der Waals surface area contributed by atoms with Crippen molar-refractivity contribution in [2.24, 2.45) is 0 Å². The number of benzene rings is 2. The molecule has 1 N–H and O–H groups in total. The van der Waals surface area contributed by atoms with Crippen molar-refractivity contribution >= 4 is 44.7 Å². The number of anilines is 1. The van der Waals surface area contributed by atoms with E-state index in [4.69, 9.17) is 11.6 Å². The second-order valence-corrected chi connectivity index (χ2v) is 6.13. The van der Waals surface area contributed by atoms with E-state index in [-0.39, 0.29) is 10.7 Å². The lowest BCUT2D eigenvalue weighted by Gasteiger charge is -2.07. The molecule has 0 bridgehead atoms. The van der Waals surface area contributed by atoms with E-state index in [1.54, 1.807) is 18.2 Å². The van der Waals surface area contributed by atoms with Gasteiger partial charge in [-0.05, 0) is 42.5 Å². The largest absolute Gasteiger partial charge is 0.416 e. The summed E-state index contributed by atoms with van der Waals surface area (Å²) in [4.78, 5) is 16.3. The first-order valence-corrected chi connectivity index (χ1v) is 7.57. The number of aromatic nitrogens is 1. The van der Waals surface area contributed by atoms with Crippen molar-refractivity contribution in [3.05, 3.63) is 58.1 Å². The lowest BCUT2D eigenvalue weighted by molar-refractivity contribution is -0.137. The van der Waals surface area contributed by atoms with E-state index in [2.05, 4.69) is 10.3 Å². The minimum atomic E-state index is -4.41. The summed E-state index contributed by atoms with van der Waals surface area (Å²) >= 11 is 7.04. The number of hydrogen-bond acceptors (Lipinski definition) is 3. The van der Waals surface area contributed by atoms with Crippen LogP contribution in [0.15, 0.2) is 42.5 Å². The normalized spacial score (nSPS) is 11.7. The summed E-state index contributed by atoms with van der Waals surface area (Å²) in [5.74, 6) is -0.484. The molecule has 1 heterocycles. The summed E-state index contributed by atoms with van der Waals surface area (Å²) < 4.78 is 38.3. The van der Waals surface area contributed by atoms with Gasteiger partial charge in [-0.15, -0.1) is 11.3 Å². The molecule has 0 aliphatic carbocycles. The summed E-state index contributed by atoms with van der Waals surface area (Å²) in [5, 5.41) is 3.24. The van der Waals surface area contributed by atoms with Crippen molar-refractivity contribution < 1.29 is 18.0 Å². The molecule has 8 heteroatoms. The first kappa shape index (κ1) is 15.8. The molecule has 0 fully saturated rings.